The Labute approximate surface area is 116 Å². The summed E-state index contributed by atoms with van der Waals surface area (Å²) in [5.74, 6) is 1.74. The van der Waals surface area contributed by atoms with E-state index in [4.69, 9.17) is 9.47 Å². The fourth-order valence-electron chi connectivity index (χ4n) is 2.88. The summed E-state index contributed by atoms with van der Waals surface area (Å²) in [7, 11) is 3.40. The summed E-state index contributed by atoms with van der Waals surface area (Å²) < 4.78 is 10.7. The van der Waals surface area contributed by atoms with E-state index in [0.717, 1.165) is 17.2 Å². The van der Waals surface area contributed by atoms with E-state index in [1.807, 2.05) is 18.2 Å². The molecule has 0 amide bonds. The monoisotopic (exact) mass is 263 g/mol. The van der Waals surface area contributed by atoms with E-state index in [1.165, 1.54) is 25.7 Å². The molecule has 0 bridgehead atoms. The van der Waals surface area contributed by atoms with Crippen molar-refractivity contribution in [1.29, 1.82) is 0 Å². The quantitative estimate of drug-likeness (QED) is 0.887. The average Bonchev–Trinajstić information content (AvgIpc) is 2.41. The molecule has 19 heavy (non-hydrogen) atoms. The van der Waals surface area contributed by atoms with Crippen LogP contribution in [-0.2, 0) is 0 Å². The molecule has 2 rings (SSSR count). The van der Waals surface area contributed by atoms with Crippen LogP contribution in [0.1, 0.15) is 39.5 Å². The van der Waals surface area contributed by atoms with Crippen LogP contribution in [0.2, 0.25) is 0 Å². The third-order valence-electron chi connectivity index (χ3n) is 4.24. The van der Waals surface area contributed by atoms with E-state index >= 15 is 0 Å². The van der Waals surface area contributed by atoms with Crippen LogP contribution in [-0.4, -0.2) is 20.3 Å². The van der Waals surface area contributed by atoms with Gasteiger partial charge in [-0.25, -0.2) is 0 Å². The second-order valence-electron chi connectivity index (χ2n) is 6.00. The Morgan fingerprint density at radius 2 is 1.95 bits per heavy atom. The molecule has 1 aliphatic rings. The molecule has 1 fully saturated rings. The first kappa shape index (κ1) is 14.0. The van der Waals surface area contributed by atoms with E-state index < -0.39 is 0 Å². The summed E-state index contributed by atoms with van der Waals surface area (Å²) in [4.78, 5) is 0. The molecule has 0 aromatic heterocycles. The lowest BCUT2D eigenvalue weighted by atomic mass is 9.73. The first-order chi connectivity index (χ1) is 9.06. The smallest absolute Gasteiger partial charge is 0.142 e. The molecule has 1 aliphatic carbocycles. The topological polar surface area (TPSA) is 30.5 Å². The van der Waals surface area contributed by atoms with Crippen molar-refractivity contribution in [1.82, 2.24) is 0 Å². The van der Waals surface area contributed by atoms with E-state index in [0.29, 0.717) is 11.5 Å². The molecular formula is C16H25NO2. The number of rotatable bonds is 4. The van der Waals surface area contributed by atoms with Crippen LogP contribution in [0.5, 0.6) is 11.5 Å². The van der Waals surface area contributed by atoms with E-state index in [9.17, 15) is 0 Å². The molecule has 1 saturated carbocycles. The van der Waals surface area contributed by atoms with Gasteiger partial charge in [0.2, 0.25) is 0 Å². The Kier molecular flexibility index (Phi) is 4.23. The minimum absolute atomic E-state index is 0.326. The van der Waals surface area contributed by atoms with Crippen molar-refractivity contribution in [3.63, 3.8) is 0 Å². The van der Waals surface area contributed by atoms with Crippen LogP contribution in [0.15, 0.2) is 18.2 Å². The highest BCUT2D eigenvalue weighted by atomic mass is 16.5. The van der Waals surface area contributed by atoms with Crippen molar-refractivity contribution in [2.75, 3.05) is 19.5 Å². The Balaban J connectivity index is 2.21. The van der Waals surface area contributed by atoms with Crippen molar-refractivity contribution in [2.24, 2.45) is 5.41 Å². The number of methoxy groups -OCH3 is 2. The van der Waals surface area contributed by atoms with Gasteiger partial charge in [0.25, 0.3) is 0 Å². The van der Waals surface area contributed by atoms with Crippen molar-refractivity contribution >= 4 is 5.69 Å². The molecule has 0 spiro atoms. The molecule has 3 nitrogen and oxygen atoms in total. The van der Waals surface area contributed by atoms with Crippen molar-refractivity contribution in [3.05, 3.63) is 18.2 Å². The predicted octanol–water partition coefficient (Wildman–Crippen LogP) is 4.08. The number of ether oxygens (including phenoxy) is 2. The molecule has 0 heterocycles. The summed E-state index contributed by atoms with van der Waals surface area (Å²) >= 11 is 0. The predicted molar refractivity (Wildman–Crippen MR) is 79.2 cm³/mol. The zero-order valence-corrected chi connectivity index (χ0v) is 12.5. The average molecular weight is 263 g/mol. The van der Waals surface area contributed by atoms with Crippen LogP contribution in [0.3, 0.4) is 0 Å². The first-order valence-electron chi connectivity index (χ1n) is 7.05. The summed E-state index contributed by atoms with van der Waals surface area (Å²) in [6, 6.07) is 6.39. The van der Waals surface area contributed by atoms with E-state index in [1.54, 1.807) is 14.2 Å². The summed E-state index contributed by atoms with van der Waals surface area (Å²) in [5, 5.41) is 3.66. The number of hydrogen-bond acceptors (Lipinski definition) is 3. The molecule has 1 aromatic rings. The lowest BCUT2D eigenvalue weighted by Crippen LogP contribution is -2.39. The van der Waals surface area contributed by atoms with Crippen LogP contribution >= 0.6 is 0 Å². The lowest BCUT2D eigenvalue weighted by Gasteiger charge is -2.39. The Morgan fingerprint density at radius 3 is 2.58 bits per heavy atom. The number of anilines is 1. The van der Waals surface area contributed by atoms with Gasteiger partial charge in [0.15, 0.2) is 0 Å². The SMILES string of the molecule is COc1ccc(OC)c(NC2CCCCC2(C)C)c1. The third kappa shape index (κ3) is 3.14. The Bertz CT molecular complexity index is 429. The highest BCUT2D eigenvalue weighted by Gasteiger charge is 2.32. The lowest BCUT2D eigenvalue weighted by molar-refractivity contribution is 0.216. The molecule has 1 aromatic carbocycles. The molecule has 3 heteroatoms. The zero-order chi connectivity index (χ0) is 13.9. The fourth-order valence-corrected chi connectivity index (χ4v) is 2.88. The fraction of sp³-hybridized carbons (Fsp3) is 0.625. The summed E-state index contributed by atoms with van der Waals surface area (Å²) in [6.45, 7) is 4.69. The van der Waals surface area contributed by atoms with Crippen molar-refractivity contribution in [3.8, 4) is 11.5 Å². The largest absolute Gasteiger partial charge is 0.497 e. The second-order valence-corrected chi connectivity index (χ2v) is 6.00. The third-order valence-corrected chi connectivity index (χ3v) is 4.24. The van der Waals surface area contributed by atoms with E-state index in [2.05, 4.69) is 19.2 Å². The van der Waals surface area contributed by atoms with Crippen LogP contribution in [0, 0.1) is 5.41 Å². The van der Waals surface area contributed by atoms with Crippen LogP contribution in [0.4, 0.5) is 5.69 Å². The van der Waals surface area contributed by atoms with Gasteiger partial charge in [-0.1, -0.05) is 26.7 Å². The molecule has 0 radical (unpaired) electrons. The molecule has 106 valence electrons. The van der Waals surface area contributed by atoms with Gasteiger partial charge in [-0.15, -0.1) is 0 Å². The molecule has 1 N–H and O–H groups in total. The van der Waals surface area contributed by atoms with Crippen molar-refractivity contribution < 1.29 is 9.47 Å². The highest BCUT2D eigenvalue weighted by Crippen LogP contribution is 2.39. The molecular weight excluding hydrogens is 238 g/mol. The normalized spacial score (nSPS) is 21.8. The van der Waals surface area contributed by atoms with Gasteiger partial charge in [0.1, 0.15) is 11.5 Å². The maximum atomic E-state index is 5.44. The molecule has 0 aliphatic heterocycles. The standard InChI is InChI=1S/C16H25NO2/c1-16(2)10-6-5-7-15(16)17-13-11-12(18-3)8-9-14(13)19-4/h8-9,11,15,17H,5-7,10H2,1-4H3. The van der Waals surface area contributed by atoms with Gasteiger partial charge in [0, 0.05) is 12.1 Å². The second kappa shape index (κ2) is 5.72. The van der Waals surface area contributed by atoms with Crippen LogP contribution < -0.4 is 14.8 Å². The van der Waals surface area contributed by atoms with Gasteiger partial charge in [0.05, 0.1) is 19.9 Å². The van der Waals surface area contributed by atoms with Crippen molar-refractivity contribution in [2.45, 2.75) is 45.6 Å². The van der Waals surface area contributed by atoms with Gasteiger partial charge >= 0.3 is 0 Å². The highest BCUT2D eigenvalue weighted by molar-refractivity contribution is 5.60. The van der Waals surface area contributed by atoms with Gasteiger partial charge < -0.3 is 14.8 Å². The summed E-state index contributed by atoms with van der Waals surface area (Å²) in [6.07, 6.45) is 5.12. The summed E-state index contributed by atoms with van der Waals surface area (Å²) in [5.41, 5.74) is 1.36. The maximum Gasteiger partial charge on any atom is 0.142 e. The van der Waals surface area contributed by atoms with E-state index in [-0.39, 0.29) is 0 Å². The minimum Gasteiger partial charge on any atom is -0.497 e. The number of benzene rings is 1. The molecule has 0 saturated heterocycles. The molecule has 1 atom stereocenters. The number of hydrogen-bond donors (Lipinski definition) is 1. The Hall–Kier alpha value is -1.38. The van der Waals surface area contributed by atoms with Crippen LogP contribution in [0.25, 0.3) is 0 Å². The van der Waals surface area contributed by atoms with Gasteiger partial charge in [-0.3, -0.25) is 0 Å². The Morgan fingerprint density at radius 1 is 1.16 bits per heavy atom. The first-order valence-corrected chi connectivity index (χ1v) is 7.05. The van der Waals surface area contributed by atoms with Gasteiger partial charge in [-0.2, -0.15) is 0 Å². The van der Waals surface area contributed by atoms with Gasteiger partial charge in [-0.05, 0) is 30.4 Å². The maximum absolute atomic E-state index is 5.44. The zero-order valence-electron chi connectivity index (χ0n) is 12.5. The number of nitrogens with one attached hydrogen (secondary N) is 1. The molecule has 1 unspecified atom stereocenters. The minimum atomic E-state index is 0.326.